The quantitative estimate of drug-likeness (QED) is 0.588. The van der Waals surface area contributed by atoms with Crippen LogP contribution in [0.25, 0.3) is 0 Å². The molecule has 1 heterocycles. The van der Waals surface area contributed by atoms with Gasteiger partial charge in [-0.3, -0.25) is 14.4 Å². The van der Waals surface area contributed by atoms with Crippen LogP contribution in [0.1, 0.15) is 47.5 Å². The Balaban J connectivity index is 2.53. The topological polar surface area (TPSA) is 98.7 Å². The molecule has 0 aromatic heterocycles. The molecule has 1 aliphatic carbocycles. The van der Waals surface area contributed by atoms with Crippen LogP contribution in [0.15, 0.2) is 12.2 Å². The minimum atomic E-state index is -0.727. The van der Waals surface area contributed by atoms with E-state index in [2.05, 4.69) is 10.6 Å². The van der Waals surface area contributed by atoms with E-state index in [1.165, 1.54) is 4.90 Å². The summed E-state index contributed by atoms with van der Waals surface area (Å²) in [5, 5.41) is 15.5. The molecule has 0 aromatic rings. The van der Waals surface area contributed by atoms with E-state index < -0.39 is 29.5 Å². The number of hydrogen-bond donors (Lipinski definition) is 3. The molecule has 1 fully saturated rings. The van der Waals surface area contributed by atoms with Gasteiger partial charge in [-0.05, 0) is 39.5 Å². The number of carbonyl (C=O) groups is 3. The largest absolute Gasteiger partial charge is 0.394 e. The average Bonchev–Trinajstić information content (AvgIpc) is 2.93. The minimum Gasteiger partial charge on any atom is -0.394 e. The lowest BCUT2D eigenvalue weighted by molar-refractivity contribution is -0.143. The molecule has 0 spiro atoms. The number of hydrogen-bond acceptors (Lipinski definition) is 4. The Labute approximate surface area is 167 Å². The van der Waals surface area contributed by atoms with Gasteiger partial charge in [0.15, 0.2) is 0 Å². The molecule has 0 bridgehead atoms. The highest BCUT2D eigenvalue weighted by atomic mass is 16.3. The SMILES string of the molecule is CC[C@@H](CO)N1C(=O)[C@@H]2[C@H](C=C[C@@H](CC)[C@H]2C(=O)NC)[C@H]1C(=O)NC(C)(C)C. The van der Waals surface area contributed by atoms with Crippen LogP contribution >= 0.6 is 0 Å². The maximum absolute atomic E-state index is 13.5. The number of allylic oxidation sites excluding steroid dienone is 1. The first-order chi connectivity index (χ1) is 13.1. The molecule has 158 valence electrons. The predicted molar refractivity (Wildman–Crippen MR) is 107 cm³/mol. The molecule has 7 heteroatoms. The second-order valence-electron chi connectivity index (χ2n) is 8.87. The summed E-state index contributed by atoms with van der Waals surface area (Å²) in [5.41, 5.74) is -0.449. The zero-order valence-electron chi connectivity index (χ0n) is 17.9. The van der Waals surface area contributed by atoms with E-state index in [4.69, 9.17) is 0 Å². The number of nitrogens with zero attached hydrogens (tertiary/aromatic N) is 1. The monoisotopic (exact) mass is 393 g/mol. The second-order valence-corrected chi connectivity index (χ2v) is 8.87. The standard InChI is InChI=1S/C21H35N3O4/c1-7-12-9-10-14-16(15(12)18(26)22-6)20(28)24(13(8-2)11-25)17(14)19(27)23-21(3,4)5/h9-10,12-17,25H,7-8,11H2,1-6H3,(H,22,26)(H,23,27)/t12-,13+,14+,15-,16-,17+/m1/s1. The lowest BCUT2D eigenvalue weighted by atomic mass is 9.68. The molecule has 0 radical (unpaired) electrons. The van der Waals surface area contributed by atoms with Crippen molar-refractivity contribution in [1.29, 1.82) is 0 Å². The highest BCUT2D eigenvalue weighted by Gasteiger charge is 2.58. The van der Waals surface area contributed by atoms with Crippen LogP contribution in [0.2, 0.25) is 0 Å². The third kappa shape index (κ3) is 4.09. The van der Waals surface area contributed by atoms with Crippen molar-refractivity contribution >= 4 is 17.7 Å². The zero-order valence-corrected chi connectivity index (χ0v) is 17.9. The Kier molecular flexibility index (Phi) is 6.91. The maximum Gasteiger partial charge on any atom is 0.243 e. The van der Waals surface area contributed by atoms with E-state index in [9.17, 15) is 19.5 Å². The third-order valence-electron chi connectivity index (χ3n) is 5.91. The second kappa shape index (κ2) is 8.64. The molecule has 0 aromatic carbocycles. The van der Waals surface area contributed by atoms with E-state index in [1.54, 1.807) is 7.05 Å². The van der Waals surface area contributed by atoms with Crippen molar-refractivity contribution in [2.45, 2.75) is 65.1 Å². The van der Waals surface area contributed by atoms with Crippen molar-refractivity contribution in [1.82, 2.24) is 15.5 Å². The Morgan fingerprint density at radius 2 is 1.86 bits per heavy atom. The lowest BCUT2D eigenvalue weighted by Gasteiger charge is -2.35. The third-order valence-corrected chi connectivity index (χ3v) is 5.91. The average molecular weight is 394 g/mol. The molecule has 0 unspecified atom stereocenters. The number of likely N-dealkylation sites (tertiary alicyclic amines) is 1. The Morgan fingerprint density at radius 1 is 1.21 bits per heavy atom. The first-order valence-electron chi connectivity index (χ1n) is 10.3. The smallest absolute Gasteiger partial charge is 0.243 e. The number of amides is 3. The van der Waals surface area contributed by atoms with Crippen LogP contribution < -0.4 is 10.6 Å². The van der Waals surface area contributed by atoms with Crippen molar-refractivity contribution in [3.05, 3.63) is 12.2 Å². The summed E-state index contributed by atoms with van der Waals surface area (Å²) < 4.78 is 0. The summed E-state index contributed by atoms with van der Waals surface area (Å²) in [6.07, 6.45) is 5.19. The molecule has 7 nitrogen and oxygen atoms in total. The van der Waals surface area contributed by atoms with Gasteiger partial charge >= 0.3 is 0 Å². The summed E-state index contributed by atoms with van der Waals surface area (Å²) >= 11 is 0. The number of aliphatic hydroxyl groups excluding tert-OH is 1. The highest BCUT2D eigenvalue weighted by molar-refractivity contribution is 5.97. The Morgan fingerprint density at radius 3 is 2.32 bits per heavy atom. The van der Waals surface area contributed by atoms with Crippen LogP contribution in [-0.2, 0) is 14.4 Å². The van der Waals surface area contributed by atoms with Gasteiger partial charge in [-0.1, -0.05) is 26.0 Å². The molecule has 28 heavy (non-hydrogen) atoms. The van der Waals surface area contributed by atoms with Crippen LogP contribution in [-0.4, -0.2) is 59.0 Å². The summed E-state index contributed by atoms with van der Waals surface area (Å²) in [6, 6.07) is -1.18. The molecule has 1 saturated heterocycles. The van der Waals surface area contributed by atoms with E-state index in [0.717, 1.165) is 6.42 Å². The zero-order chi connectivity index (χ0) is 21.2. The fourth-order valence-electron chi connectivity index (χ4n) is 4.61. The van der Waals surface area contributed by atoms with Crippen molar-refractivity contribution in [3.8, 4) is 0 Å². The van der Waals surface area contributed by atoms with E-state index in [-0.39, 0.29) is 36.2 Å². The van der Waals surface area contributed by atoms with E-state index in [0.29, 0.717) is 6.42 Å². The van der Waals surface area contributed by atoms with Crippen LogP contribution in [0.4, 0.5) is 0 Å². The normalized spacial score (nSPS) is 30.8. The van der Waals surface area contributed by atoms with Gasteiger partial charge in [0.25, 0.3) is 0 Å². The van der Waals surface area contributed by atoms with Gasteiger partial charge < -0.3 is 20.6 Å². The molecule has 6 atom stereocenters. The van der Waals surface area contributed by atoms with Gasteiger partial charge in [0, 0.05) is 18.5 Å². The summed E-state index contributed by atoms with van der Waals surface area (Å²) in [7, 11) is 1.58. The minimum absolute atomic E-state index is 0.0503. The molecule has 2 rings (SSSR count). The van der Waals surface area contributed by atoms with E-state index >= 15 is 0 Å². The molecular formula is C21H35N3O4. The van der Waals surface area contributed by atoms with Crippen LogP contribution in [0.3, 0.4) is 0 Å². The lowest BCUT2D eigenvalue weighted by Crippen LogP contribution is -2.55. The van der Waals surface area contributed by atoms with Gasteiger partial charge in [-0.2, -0.15) is 0 Å². The number of rotatable bonds is 6. The van der Waals surface area contributed by atoms with Crippen LogP contribution in [0, 0.1) is 23.7 Å². The maximum atomic E-state index is 13.5. The first-order valence-corrected chi connectivity index (χ1v) is 10.3. The number of carbonyl (C=O) groups excluding carboxylic acids is 3. The summed E-state index contributed by atoms with van der Waals surface area (Å²) in [6.45, 7) is 9.34. The Hall–Kier alpha value is -1.89. The molecule has 1 aliphatic heterocycles. The van der Waals surface area contributed by atoms with Gasteiger partial charge in [-0.15, -0.1) is 0 Å². The number of aliphatic hydroxyl groups is 1. The van der Waals surface area contributed by atoms with Gasteiger partial charge in [0.1, 0.15) is 6.04 Å². The number of nitrogens with one attached hydrogen (secondary N) is 2. The highest BCUT2D eigenvalue weighted by Crippen LogP contribution is 2.45. The van der Waals surface area contributed by atoms with Crippen molar-refractivity contribution in [3.63, 3.8) is 0 Å². The molecule has 3 amide bonds. The molecule has 3 N–H and O–H groups in total. The molecule has 2 aliphatic rings. The van der Waals surface area contributed by atoms with Crippen LogP contribution in [0.5, 0.6) is 0 Å². The summed E-state index contributed by atoms with van der Waals surface area (Å²) in [5.74, 6) is -2.17. The fourth-order valence-corrected chi connectivity index (χ4v) is 4.61. The van der Waals surface area contributed by atoms with Crippen molar-refractivity contribution in [2.24, 2.45) is 23.7 Å². The summed E-state index contributed by atoms with van der Waals surface area (Å²) in [4.78, 5) is 40.9. The van der Waals surface area contributed by atoms with Crippen molar-refractivity contribution in [2.75, 3.05) is 13.7 Å². The van der Waals surface area contributed by atoms with Gasteiger partial charge in [-0.25, -0.2) is 0 Å². The fraction of sp³-hybridized carbons (Fsp3) is 0.762. The first kappa shape index (κ1) is 22.4. The van der Waals surface area contributed by atoms with Gasteiger partial charge in [0.05, 0.1) is 24.5 Å². The predicted octanol–water partition coefficient (Wildman–Crippen LogP) is 1.07. The number of fused-ring (bicyclic) bond motifs is 1. The van der Waals surface area contributed by atoms with E-state index in [1.807, 2.05) is 46.8 Å². The molecular weight excluding hydrogens is 358 g/mol. The molecule has 0 saturated carbocycles. The van der Waals surface area contributed by atoms with Crippen molar-refractivity contribution < 1.29 is 19.5 Å². The van der Waals surface area contributed by atoms with Gasteiger partial charge in [0.2, 0.25) is 17.7 Å². The Bertz CT molecular complexity index is 636.